The molecule has 0 atom stereocenters. The molecule has 3 heteroatoms. The predicted octanol–water partition coefficient (Wildman–Crippen LogP) is 3.11. The largest absolute Gasteiger partial charge is 0.490 e. The Bertz CT molecular complexity index is 341. The molecule has 0 unspecified atom stereocenters. The minimum absolute atomic E-state index is 0.0846. The van der Waals surface area contributed by atoms with Crippen molar-refractivity contribution in [3.63, 3.8) is 0 Å². The number of rotatable bonds is 2. The van der Waals surface area contributed by atoms with Gasteiger partial charge in [-0.25, -0.2) is 0 Å². The van der Waals surface area contributed by atoms with Crippen LogP contribution in [-0.4, -0.2) is 6.10 Å². The molecule has 1 rings (SSSR count). The van der Waals surface area contributed by atoms with E-state index >= 15 is 0 Å². The highest BCUT2D eigenvalue weighted by molar-refractivity contribution is 9.10. The van der Waals surface area contributed by atoms with E-state index in [1.54, 1.807) is 6.07 Å². The van der Waals surface area contributed by atoms with E-state index in [9.17, 15) is 0 Å². The molecule has 0 amide bonds. The minimum Gasteiger partial charge on any atom is -0.490 e. The van der Waals surface area contributed by atoms with Gasteiger partial charge in [0.15, 0.2) is 0 Å². The van der Waals surface area contributed by atoms with Crippen LogP contribution < -0.4 is 4.74 Å². The molecule has 0 heterocycles. The second kappa shape index (κ2) is 4.29. The van der Waals surface area contributed by atoms with Crippen LogP contribution in [0, 0.1) is 11.3 Å². The standard InChI is InChI=1S/C10H10BrNO/c1-7(2)13-10-5-3-4-9(11)8(10)6-12/h3-5,7H,1-2H3. The fourth-order valence-electron chi connectivity index (χ4n) is 0.965. The fourth-order valence-corrected chi connectivity index (χ4v) is 1.40. The van der Waals surface area contributed by atoms with Crippen LogP contribution in [0.5, 0.6) is 5.75 Å². The van der Waals surface area contributed by atoms with Crippen molar-refractivity contribution in [2.75, 3.05) is 0 Å². The molecule has 0 aliphatic carbocycles. The molecule has 0 fully saturated rings. The van der Waals surface area contributed by atoms with E-state index < -0.39 is 0 Å². The van der Waals surface area contributed by atoms with Crippen molar-refractivity contribution >= 4 is 15.9 Å². The molecule has 0 aromatic heterocycles. The van der Waals surface area contributed by atoms with Gasteiger partial charge in [0.1, 0.15) is 17.4 Å². The summed E-state index contributed by atoms with van der Waals surface area (Å²) in [6, 6.07) is 7.57. The first-order valence-corrected chi connectivity index (χ1v) is 4.79. The van der Waals surface area contributed by atoms with Gasteiger partial charge in [-0.2, -0.15) is 5.26 Å². The Labute approximate surface area is 86.3 Å². The highest BCUT2D eigenvalue weighted by atomic mass is 79.9. The lowest BCUT2D eigenvalue weighted by Crippen LogP contribution is -2.06. The SMILES string of the molecule is CC(C)Oc1cccc(Br)c1C#N. The highest BCUT2D eigenvalue weighted by Crippen LogP contribution is 2.26. The quantitative estimate of drug-likeness (QED) is 0.795. The summed E-state index contributed by atoms with van der Waals surface area (Å²) in [5.74, 6) is 0.631. The molecule has 1 aromatic carbocycles. The molecule has 68 valence electrons. The van der Waals surface area contributed by atoms with Gasteiger partial charge >= 0.3 is 0 Å². The topological polar surface area (TPSA) is 33.0 Å². The van der Waals surface area contributed by atoms with Crippen LogP contribution in [0.2, 0.25) is 0 Å². The first-order valence-electron chi connectivity index (χ1n) is 4.00. The molecular weight excluding hydrogens is 230 g/mol. The molecular formula is C10H10BrNO. The smallest absolute Gasteiger partial charge is 0.138 e. The molecule has 0 N–H and O–H groups in total. The van der Waals surface area contributed by atoms with Crippen LogP contribution in [0.15, 0.2) is 22.7 Å². The number of ether oxygens (including phenoxy) is 1. The summed E-state index contributed by atoms with van der Waals surface area (Å²) in [4.78, 5) is 0. The average Bonchev–Trinajstić information content (AvgIpc) is 2.03. The van der Waals surface area contributed by atoms with E-state index in [0.29, 0.717) is 11.3 Å². The van der Waals surface area contributed by atoms with E-state index in [1.807, 2.05) is 26.0 Å². The molecule has 2 nitrogen and oxygen atoms in total. The zero-order valence-corrected chi connectivity index (χ0v) is 9.13. The Morgan fingerprint density at radius 1 is 1.46 bits per heavy atom. The van der Waals surface area contributed by atoms with Gasteiger partial charge in [0.05, 0.1) is 6.10 Å². The molecule has 0 saturated heterocycles. The Balaban J connectivity index is 3.07. The summed E-state index contributed by atoms with van der Waals surface area (Å²) in [6.07, 6.45) is 0.0846. The first kappa shape index (κ1) is 10.1. The number of halogens is 1. The third-order valence-electron chi connectivity index (χ3n) is 1.45. The third kappa shape index (κ3) is 2.46. The highest BCUT2D eigenvalue weighted by Gasteiger charge is 2.07. The summed E-state index contributed by atoms with van der Waals surface area (Å²) in [5, 5.41) is 8.85. The number of hydrogen-bond acceptors (Lipinski definition) is 2. The minimum atomic E-state index is 0.0846. The zero-order valence-electron chi connectivity index (χ0n) is 7.54. The van der Waals surface area contributed by atoms with Crippen molar-refractivity contribution in [2.24, 2.45) is 0 Å². The van der Waals surface area contributed by atoms with Crippen LogP contribution in [0.25, 0.3) is 0 Å². The maximum absolute atomic E-state index is 8.85. The van der Waals surface area contributed by atoms with E-state index in [-0.39, 0.29) is 6.10 Å². The van der Waals surface area contributed by atoms with Crippen molar-refractivity contribution < 1.29 is 4.74 Å². The molecule has 1 aromatic rings. The zero-order chi connectivity index (χ0) is 9.84. The number of nitrogens with zero attached hydrogens (tertiary/aromatic N) is 1. The summed E-state index contributed by atoms with van der Waals surface area (Å²) < 4.78 is 6.24. The lowest BCUT2D eigenvalue weighted by molar-refractivity contribution is 0.241. The summed E-state index contributed by atoms with van der Waals surface area (Å²) in [6.45, 7) is 3.87. The molecule has 0 bridgehead atoms. The molecule has 13 heavy (non-hydrogen) atoms. The van der Waals surface area contributed by atoms with Gasteiger partial charge in [-0.05, 0) is 41.9 Å². The summed E-state index contributed by atoms with van der Waals surface area (Å²) in [5.41, 5.74) is 0.552. The lowest BCUT2D eigenvalue weighted by atomic mass is 10.2. The van der Waals surface area contributed by atoms with Crippen molar-refractivity contribution in [1.82, 2.24) is 0 Å². The maximum atomic E-state index is 8.85. The summed E-state index contributed by atoms with van der Waals surface area (Å²) >= 11 is 3.29. The van der Waals surface area contributed by atoms with Crippen LogP contribution in [-0.2, 0) is 0 Å². The van der Waals surface area contributed by atoms with Crippen molar-refractivity contribution in [1.29, 1.82) is 5.26 Å². The second-order valence-corrected chi connectivity index (χ2v) is 3.75. The monoisotopic (exact) mass is 239 g/mol. The van der Waals surface area contributed by atoms with Crippen molar-refractivity contribution in [2.45, 2.75) is 20.0 Å². The van der Waals surface area contributed by atoms with E-state index in [0.717, 1.165) is 4.47 Å². The lowest BCUT2D eigenvalue weighted by Gasteiger charge is -2.11. The number of nitriles is 1. The van der Waals surface area contributed by atoms with Crippen molar-refractivity contribution in [3.05, 3.63) is 28.2 Å². The molecule has 0 aliphatic rings. The normalized spacial score (nSPS) is 9.77. The Morgan fingerprint density at radius 2 is 2.15 bits per heavy atom. The fraction of sp³-hybridized carbons (Fsp3) is 0.300. The van der Waals surface area contributed by atoms with Crippen LogP contribution in [0.1, 0.15) is 19.4 Å². The van der Waals surface area contributed by atoms with Gasteiger partial charge in [0, 0.05) is 4.47 Å². The van der Waals surface area contributed by atoms with Crippen molar-refractivity contribution in [3.8, 4) is 11.8 Å². The van der Waals surface area contributed by atoms with E-state index in [1.165, 1.54) is 0 Å². The Hall–Kier alpha value is -1.01. The van der Waals surface area contributed by atoms with E-state index in [2.05, 4.69) is 22.0 Å². The maximum Gasteiger partial charge on any atom is 0.138 e. The molecule has 0 spiro atoms. The van der Waals surface area contributed by atoms with Gasteiger partial charge in [0.25, 0.3) is 0 Å². The molecule has 0 saturated carbocycles. The molecule has 0 radical (unpaired) electrons. The van der Waals surface area contributed by atoms with Gasteiger partial charge < -0.3 is 4.74 Å². The number of benzene rings is 1. The van der Waals surface area contributed by atoms with Gasteiger partial charge in [-0.3, -0.25) is 0 Å². The Kier molecular flexibility index (Phi) is 3.32. The van der Waals surface area contributed by atoms with Gasteiger partial charge in [-0.15, -0.1) is 0 Å². The molecule has 0 aliphatic heterocycles. The van der Waals surface area contributed by atoms with Crippen LogP contribution in [0.3, 0.4) is 0 Å². The van der Waals surface area contributed by atoms with Gasteiger partial charge in [-0.1, -0.05) is 6.07 Å². The van der Waals surface area contributed by atoms with Crippen LogP contribution >= 0.6 is 15.9 Å². The first-order chi connectivity index (χ1) is 6.15. The Morgan fingerprint density at radius 3 is 2.69 bits per heavy atom. The summed E-state index contributed by atoms with van der Waals surface area (Å²) in [7, 11) is 0. The second-order valence-electron chi connectivity index (χ2n) is 2.89. The number of hydrogen-bond donors (Lipinski definition) is 0. The third-order valence-corrected chi connectivity index (χ3v) is 2.11. The van der Waals surface area contributed by atoms with Crippen LogP contribution in [0.4, 0.5) is 0 Å². The van der Waals surface area contributed by atoms with Gasteiger partial charge in [0.2, 0.25) is 0 Å². The predicted molar refractivity (Wildman–Crippen MR) is 54.6 cm³/mol. The average molecular weight is 240 g/mol. The van der Waals surface area contributed by atoms with E-state index in [4.69, 9.17) is 10.00 Å².